The van der Waals surface area contributed by atoms with E-state index < -0.39 is 6.10 Å². The second kappa shape index (κ2) is 3.89. The molecule has 2 aromatic rings. The first-order valence-corrected chi connectivity index (χ1v) is 6.85. The molecule has 2 saturated carbocycles. The largest absolute Gasteiger partial charge is 0.396 e. The van der Waals surface area contributed by atoms with Crippen molar-refractivity contribution in [3.8, 4) is 0 Å². The molecular weight excluding hydrogens is 258 g/mol. The summed E-state index contributed by atoms with van der Waals surface area (Å²) in [6.07, 6.45) is 4.37. The molecule has 3 N–H and O–H groups in total. The summed E-state index contributed by atoms with van der Waals surface area (Å²) in [5.41, 5.74) is 1.23. The zero-order valence-corrected chi connectivity index (χ0v) is 11.2. The maximum atomic E-state index is 10.2. The van der Waals surface area contributed by atoms with Crippen molar-refractivity contribution in [2.24, 2.45) is 11.3 Å². The van der Waals surface area contributed by atoms with Crippen molar-refractivity contribution in [2.75, 3.05) is 19.0 Å². The third-order valence-corrected chi connectivity index (χ3v) is 5.02. The molecule has 0 bridgehead atoms. The fraction of sp³-hybridized carbons (Fsp3) is 0.615. The molecule has 7 nitrogen and oxygen atoms in total. The molecule has 4 atom stereocenters. The molecule has 0 aromatic carbocycles. The van der Waals surface area contributed by atoms with E-state index in [1.165, 1.54) is 6.33 Å². The van der Waals surface area contributed by atoms with E-state index >= 15 is 0 Å². The number of hydrogen-bond acceptors (Lipinski definition) is 6. The highest BCUT2D eigenvalue weighted by molar-refractivity contribution is 5.82. The number of aliphatic hydroxyl groups is 2. The predicted molar refractivity (Wildman–Crippen MR) is 72.2 cm³/mol. The fourth-order valence-corrected chi connectivity index (χ4v) is 3.75. The van der Waals surface area contributed by atoms with Gasteiger partial charge in [-0.3, -0.25) is 0 Å². The van der Waals surface area contributed by atoms with Crippen molar-refractivity contribution >= 4 is 17.0 Å². The molecule has 0 saturated heterocycles. The topological polar surface area (TPSA) is 96.1 Å². The standard InChI is InChI=1S/C13H17N5O2/c1-14-11-10-12(16-5-15-11)18(6-17-10)8-2-9(20)13(4-19)3-7(8)13/h5-9,19-20H,2-4H2,1H3,(H,14,15,16)/t7-,8+,9+,13+/m1/s1. The summed E-state index contributed by atoms with van der Waals surface area (Å²) in [6.45, 7) is 0.0543. The minimum Gasteiger partial charge on any atom is -0.396 e. The van der Waals surface area contributed by atoms with Crippen LogP contribution in [0.15, 0.2) is 12.7 Å². The molecule has 0 unspecified atom stereocenters. The van der Waals surface area contributed by atoms with Gasteiger partial charge in [0.1, 0.15) is 11.8 Å². The SMILES string of the molecule is CNc1ncnc2c1ncn2[C@H]1C[C@H](O)[C@]2(CO)C[C@H]12. The second-order valence-electron chi connectivity index (χ2n) is 5.82. The fourth-order valence-electron chi connectivity index (χ4n) is 3.75. The molecule has 2 aliphatic carbocycles. The Kier molecular flexibility index (Phi) is 2.34. The third kappa shape index (κ3) is 1.34. The van der Waals surface area contributed by atoms with Crippen LogP contribution < -0.4 is 5.32 Å². The number of nitrogens with zero attached hydrogens (tertiary/aromatic N) is 4. The van der Waals surface area contributed by atoms with E-state index in [0.717, 1.165) is 17.6 Å². The minimum atomic E-state index is -0.439. The number of nitrogens with one attached hydrogen (secondary N) is 1. The van der Waals surface area contributed by atoms with E-state index in [9.17, 15) is 10.2 Å². The molecule has 20 heavy (non-hydrogen) atoms. The van der Waals surface area contributed by atoms with Crippen LogP contribution in [0.3, 0.4) is 0 Å². The van der Waals surface area contributed by atoms with E-state index in [-0.39, 0.29) is 18.1 Å². The van der Waals surface area contributed by atoms with Crippen LogP contribution >= 0.6 is 0 Å². The van der Waals surface area contributed by atoms with Gasteiger partial charge in [0.15, 0.2) is 11.5 Å². The molecule has 2 fully saturated rings. The average molecular weight is 275 g/mol. The van der Waals surface area contributed by atoms with Gasteiger partial charge in [0.05, 0.1) is 19.0 Å². The van der Waals surface area contributed by atoms with Gasteiger partial charge >= 0.3 is 0 Å². The second-order valence-corrected chi connectivity index (χ2v) is 5.82. The van der Waals surface area contributed by atoms with E-state index in [1.807, 2.05) is 4.57 Å². The maximum absolute atomic E-state index is 10.2. The van der Waals surface area contributed by atoms with Crippen LogP contribution in [-0.4, -0.2) is 49.5 Å². The number of anilines is 1. The Morgan fingerprint density at radius 3 is 2.95 bits per heavy atom. The normalized spacial score (nSPS) is 35.2. The molecule has 2 aliphatic rings. The highest BCUT2D eigenvalue weighted by Gasteiger charge is 2.67. The molecule has 7 heteroatoms. The number of hydrogen-bond donors (Lipinski definition) is 3. The van der Waals surface area contributed by atoms with E-state index in [1.54, 1.807) is 13.4 Å². The van der Waals surface area contributed by atoms with Gasteiger partial charge in [0.25, 0.3) is 0 Å². The third-order valence-electron chi connectivity index (χ3n) is 5.02. The lowest BCUT2D eigenvalue weighted by atomic mass is 10.0. The van der Waals surface area contributed by atoms with Crippen molar-refractivity contribution in [1.82, 2.24) is 19.5 Å². The monoisotopic (exact) mass is 275 g/mol. The van der Waals surface area contributed by atoms with Crippen molar-refractivity contribution in [2.45, 2.75) is 25.0 Å². The minimum absolute atomic E-state index is 0.0543. The van der Waals surface area contributed by atoms with E-state index in [2.05, 4.69) is 20.3 Å². The highest BCUT2D eigenvalue weighted by Crippen LogP contribution is 2.67. The van der Waals surface area contributed by atoms with Crippen LogP contribution in [0.4, 0.5) is 5.82 Å². The first-order chi connectivity index (χ1) is 9.71. The number of aliphatic hydroxyl groups excluding tert-OH is 2. The summed E-state index contributed by atoms with van der Waals surface area (Å²) >= 11 is 0. The zero-order valence-electron chi connectivity index (χ0n) is 11.2. The quantitative estimate of drug-likeness (QED) is 0.739. The molecule has 106 valence electrons. The van der Waals surface area contributed by atoms with Gasteiger partial charge < -0.3 is 20.1 Å². The average Bonchev–Trinajstić information content (AvgIpc) is 2.96. The van der Waals surface area contributed by atoms with Crippen LogP contribution in [0.25, 0.3) is 11.2 Å². The van der Waals surface area contributed by atoms with Gasteiger partial charge in [-0.25, -0.2) is 15.0 Å². The molecule has 2 heterocycles. The Balaban J connectivity index is 1.78. The number of fused-ring (bicyclic) bond motifs is 2. The summed E-state index contributed by atoms with van der Waals surface area (Å²) in [6, 6.07) is 0.154. The van der Waals surface area contributed by atoms with Gasteiger partial charge in [-0.1, -0.05) is 0 Å². The smallest absolute Gasteiger partial charge is 0.165 e. The Morgan fingerprint density at radius 1 is 1.45 bits per heavy atom. The summed E-state index contributed by atoms with van der Waals surface area (Å²) in [7, 11) is 1.80. The summed E-state index contributed by atoms with van der Waals surface area (Å²) in [5, 5.41) is 22.7. The van der Waals surface area contributed by atoms with Crippen molar-refractivity contribution in [3.05, 3.63) is 12.7 Å². The number of rotatable bonds is 3. The molecular formula is C13H17N5O2. The van der Waals surface area contributed by atoms with E-state index in [4.69, 9.17) is 0 Å². The lowest BCUT2D eigenvalue weighted by molar-refractivity contribution is 0.0600. The predicted octanol–water partition coefficient (Wildman–Crippen LogP) is 0.172. The lowest BCUT2D eigenvalue weighted by Gasteiger charge is -2.16. The van der Waals surface area contributed by atoms with Crippen LogP contribution in [0.5, 0.6) is 0 Å². The van der Waals surface area contributed by atoms with Crippen LogP contribution in [0.2, 0.25) is 0 Å². The van der Waals surface area contributed by atoms with Crippen LogP contribution in [0.1, 0.15) is 18.9 Å². The number of imidazole rings is 1. The summed E-state index contributed by atoms with van der Waals surface area (Å²) in [5.74, 6) is 1.02. The molecule has 0 aliphatic heterocycles. The Labute approximate surface area is 115 Å². The van der Waals surface area contributed by atoms with Gasteiger partial charge in [-0.2, -0.15) is 0 Å². The van der Waals surface area contributed by atoms with Crippen molar-refractivity contribution in [3.63, 3.8) is 0 Å². The lowest BCUT2D eigenvalue weighted by Crippen LogP contribution is -2.22. The van der Waals surface area contributed by atoms with Crippen LogP contribution in [0, 0.1) is 11.3 Å². The number of aromatic nitrogens is 4. The van der Waals surface area contributed by atoms with Gasteiger partial charge in [0.2, 0.25) is 0 Å². The molecule has 0 radical (unpaired) electrons. The summed E-state index contributed by atoms with van der Waals surface area (Å²) < 4.78 is 2.02. The highest BCUT2D eigenvalue weighted by atomic mass is 16.3. The van der Waals surface area contributed by atoms with Gasteiger partial charge in [-0.05, 0) is 18.8 Å². The Morgan fingerprint density at radius 2 is 2.30 bits per heavy atom. The van der Waals surface area contributed by atoms with Gasteiger partial charge in [-0.15, -0.1) is 0 Å². The van der Waals surface area contributed by atoms with Crippen molar-refractivity contribution in [1.29, 1.82) is 0 Å². The first kappa shape index (κ1) is 12.0. The Hall–Kier alpha value is -1.73. The zero-order chi connectivity index (χ0) is 13.9. The van der Waals surface area contributed by atoms with Gasteiger partial charge in [0, 0.05) is 18.5 Å². The molecule has 0 amide bonds. The molecule has 0 spiro atoms. The van der Waals surface area contributed by atoms with Crippen molar-refractivity contribution < 1.29 is 10.2 Å². The van der Waals surface area contributed by atoms with E-state index in [0.29, 0.717) is 18.2 Å². The molecule has 2 aromatic heterocycles. The first-order valence-electron chi connectivity index (χ1n) is 6.85. The molecule has 4 rings (SSSR count). The summed E-state index contributed by atoms with van der Waals surface area (Å²) in [4.78, 5) is 12.9. The van der Waals surface area contributed by atoms with Crippen LogP contribution in [-0.2, 0) is 0 Å². The maximum Gasteiger partial charge on any atom is 0.165 e. The Bertz CT molecular complexity index is 672.